The Morgan fingerprint density at radius 3 is 2.64 bits per heavy atom. The van der Waals surface area contributed by atoms with Crippen LogP contribution in [0.4, 0.5) is 4.39 Å². The molecule has 22 heavy (non-hydrogen) atoms. The molecule has 2 aromatic carbocycles. The van der Waals surface area contributed by atoms with E-state index in [4.69, 9.17) is 12.2 Å². The van der Waals surface area contributed by atoms with Gasteiger partial charge >= 0.3 is 0 Å². The van der Waals surface area contributed by atoms with Crippen molar-refractivity contribution >= 4 is 34.4 Å². The van der Waals surface area contributed by atoms with Crippen LogP contribution in [0.5, 0.6) is 0 Å². The Bertz CT molecular complexity index is 883. The van der Waals surface area contributed by atoms with E-state index in [0.717, 1.165) is 15.6 Å². The molecular weight excluding hydrogens is 367 g/mol. The first-order valence-electron chi connectivity index (χ1n) is 6.37. The lowest BCUT2D eigenvalue weighted by atomic mass is 10.2. The maximum absolute atomic E-state index is 13.0. The molecule has 0 saturated carbocycles. The van der Waals surface area contributed by atoms with Gasteiger partial charge in [-0.1, -0.05) is 34.1 Å². The van der Waals surface area contributed by atoms with E-state index < -0.39 is 0 Å². The lowest BCUT2D eigenvalue weighted by molar-refractivity contribution is 0.628. The first kappa shape index (κ1) is 14.8. The Kier molecular flexibility index (Phi) is 4.26. The van der Waals surface area contributed by atoms with Crippen molar-refractivity contribution in [2.45, 2.75) is 0 Å². The number of hydrogen-bond donors (Lipinski definition) is 1. The normalized spacial score (nSPS) is 11.2. The summed E-state index contributed by atoms with van der Waals surface area (Å²) in [4.78, 5) is 0. The number of nitrogens with zero attached hydrogens (tertiary/aromatic N) is 3. The molecule has 0 amide bonds. The summed E-state index contributed by atoms with van der Waals surface area (Å²) in [5.41, 5.74) is 1.63. The lowest BCUT2D eigenvalue weighted by Gasteiger charge is -2.01. The third kappa shape index (κ3) is 3.05. The molecular formula is C15H10BrFN4S. The molecule has 4 nitrogen and oxygen atoms in total. The van der Waals surface area contributed by atoms with Crippen LogP contribution < -0.4 is 0 Å². The first-order chi connectivity index (χ1) is 10.6. The second-order valence-corrected chi connectivity index (χ2v) is 5.68. The van der Waals surface area contributed by atoms with Crippen molar-refractivity contribution in [1.82, 2.24) is 14.9 Å². The van der Waals surface area contributed by atoms with Gasteiger partial charge in [0.2, 0.25) is 4.77 Å². The fraction of sp³-hybridized carbons (Fsp3) is 0. The molecule has 7 heteroatoms. The Morgan fingerprint density at radius 2 is 1.91 bits per heavy atom. The number of hydrogen-bond acceptors (Lipinski definition) is 3. The number of nitrogens with one attached hydrogen (secondary N) is 1. The predicted octanol–water partition coefficient (Wildman–Crippen LogP) is 4.39. The summed E-state index contributed by atoms with van der Waals surface area (Å²) in [6.45, 7) is 0. The molecule has 0 fully saturated rings. The third-order valence-corrected chi connectivity index (χ3v) is 3.96. The number of aromatic nitrogens is 3. The minimum atomic E-state index is -0.304. The van der Waals surface area contributed by atoms with E-state index >= 15 is 0 Å². The van der Waals surface area contributed by atoms with Gasteiger partial charge in [0.05, 0.1) is 6.21 Å². The molecule has 1 heterocycles. The zero-order valence-electron chi connectivity index (χ0n) is 11.2. The molecule has 0 unspecified atom stereocenters. The van der Waals surface area contributed by atoms with E-state index in [1.165, 1.54) is 16.8 Å². The zero-order valence-corrected chi connectivity index (χ0v) is 13.6. The maximum Gasteiger partial charge on any atom is 0.216 e. The van der Waals surface area contributed by atoms with Crippen molar-refractivity contribution < 1.29 is 4.39 Å². The highest BCUT2D eigenvalue weighted by molar-refractivity contribution is 9.10. The molecule has 0 bridgehead atoms. The van der Waals surface area contributed by atoms with Crippen LogP contribution in [0.25, 0.3) is 11.4 Å². The molecule has 110 valence electrons. The Morgan fingerprint density at radius 1 is 1.18 bits per heavy atom. The summed E-state index contributed by atoms with van der Waals surface area (Å²) < 4.78 is 15.8. The van der Waals surface area contributed by atoms with Crippen LogP contribution in [0, 0.1) is 10.6 Å². The van der Waals surface area contributed by atoms with Gasteiger partial charge in [0.1, 0.15) is 5.82 Å². The maximum atomic E-state index is 13.0. The molecule has 3 rings (SSSR count). The van der Waals surface area contributed by atoms with Crippen molar-refractivity contribution in [2.75, 3.05) is 0 Å². The average Bonchev–Trinajstić information content (AvgIpc) is 2.88. The Labute approximate surface area is 139 Å². The highest BCUT2D eigenvalue weighted by Crippen LogP contribution is 2.18. The third-order valence-electron chi connectivity index (χ3n) is 2.97. The van der Waals surface area contributed by atoms with Crippen molar-refractivity contribution in [2.24, 2.45) is 5.10 Å². The molecule has 0 atom stereocenters. The Hall–Kier alpha value is -2.12. The predicted molar refractivity (Wildman–Crippen MR) is 89.9 cm³/mol. The van der Waals surface area contributed by atoms with Gasteiger partial charge in [-0.05, 0) is 42.5 Å². The van der Waals surface area contributed by atoms with Crippen LogP contribution in [0.15, 0.2) is 58.1 Å². The summed E-state index contributed by atoms with van der Waals surface area (Å²) in [6, 6.07) is 13.7. The van der Waals surface area contributed by atoms with Gasteiger partial charge < -0.3 is 0 Å². The van der Waals surface area contributed by atoms with E-state index in [0.29, 0.717) is 10.6 Å². The number of halogens is 2. The fourth-order valence-corrected chi connectivity index (χ4v) is 2.45. The van der Waals surface area contributed by atoms with Gasteiger partial charge in [-0.3, -0.25) is 0 Å². The van der Waals surface area contributed by atoms with E-state index in [1.807, 2.05) is 24.3 Å². The van der Waals surface area contributed by atoms with Gasteiger partial charge in [0.25, 0.3) is 0 Å². The molecule has 1 aromatic heterocycles. The topological polar surface area (TPSA) is 46.0 Å². The van der Waals surface area contributed by atoms with Gasteiger partial charge in [0.15, 0.2) is 5.82 Å². The summed E-state index contributed by atoms with van der Waals surface area (Å²) in [5, 5.41) is 11.2. The standard InChI is InChI=1S/C15H10BrFN4S/c16-13-4-2-1-3-11(13)9-18-21-14(19-20-15(21)22)10-5-7-12(17)8-6-10/h1-9H,(H,20,22). The number of aromatic amines is 1. The summed E-state index contributed by atoms with van der Waals surface area (Å²) in [5.74, 6) is 0.217. The van der Waals surface area contributed by atoms with Crippen LogP contribution in [0.2, 0.25) is 0 Å². The van der Waals surface area contributed by atoms with Gasteiger partial charge in [0, 0.05) is 15.6 Å². The number of H-pyrrole nitrogens is 1. The molecule has 0 aliphatic carbocycles. The lowest BCUT2D eigenvalue weighted by Crippen LogP contribution is -1.95. The second kappa shape index (κ2) is 6.33. The van der Waals surface area contributed by atoms with Crippen molar-refractivity contribution in [3.8, 4) is 11.4 Å². The monoisotopic (exact) mass is 376 g/mol. The second-order valence-electron chi connectivity index (χ2n) is 4.44. The van der Waals surface area contributed by atoms with Crippen molar-refractivity contribution in [1.29, 1.82) is 0 Å². The summed E-state index contributed by atoms with van der Waals surface area (Å²) >= 11 is 8.65. The van der Waals surface area contributed by atoms with Crippen molar-refractivity contribution in [3.63, 3.8) is 0 Å². The molecule has 3 aromatic rings. The van der Waals surface area contributed by atoms with E-state index in [-0.39, 0.29) is 5.82 Å². The minimum absolute atomic E-state index is 0.304. The molecule has 0 aliphatic heterocycles. The van der Waals surface area contributed by atoms with Crippen LogP contribution in [0.3, 0.4) is 0 Å². The first-order valence-corrected chi connectivity index (χ1v) is 7.57. The van der Waals surface area contributed by atoms with Gasteiger partial charge in [-0.15, -0.1) is 0 Å². The molecule has 0 aliphatic rings. The summed E-state index contributed by atoms with van der Waals surface area (Å²) in [6.07, 6.45) is 1.68. The molecule has 0 spiro atoms. The van der Waals surface area contributed by atoms with Gasteiger partial charge in [-0.2, -0.15) is 14.9 Å². The van der Waals surface area contributed by atoms with Crippen LogP contribution in [0.1, 0.15) is 5.56 Å². The SMILES string of the molecule is Fc1ccc(-c2n[nH]c(=S)n2N=Cc2ccccc2Br)cc1. The number of benzene rings is 2. The smallest absolute Gasteiger partial charge is 0.216 e. The van der Waals surface area contributed by atoms with Gasteiger partial charge in [-0.25, -0.2) is 9.49 Å². The minimum Gasteiger partial charge on any atom is -0.250 e. The Balaban J connectivity index is 2.01. The van der Waals surface area contributed by atoms with Crippen LogP contribution >= 0.6 is 28.1 Å². The van der Waals surface area contributed by atoms with E-state index in [1.54, 1.807) is 18.3 Å². The largest absolute Gasteiger partial charge is 0.250 e. The highest BCUT2D eigenvalue weighted by Gasteiger charge is 2.08. The van der Waals surface area contributed by atoms with Crippen LogP contribution in [-0.2, 0) is 0 Å². The van der Waals surface area contributed by atoms with Crippen LogP contribution in [-0.4, -0.2) is 21.1 Å². The quantitative estimate of drug-likeness (QED) is 0.544. The van der Waals surface area contributed by atoms with Crippen molar-refractivity contribution in [3.05, 3.63) is 69.2 Å². The van der Waals surface area contributed by atoms with E-state index in [9.17, 15) is 4.39 Å². The van der Waals surface area contributed by atoms with E-state index in [2.05, 4.69) is 31.2 Å². The summed E-state index contributed by atoms with van der Waals surface area (Å²) in [7, 11) is 0. The highest BCUT2D eigenvalue weighted by atomic mass is 79.9. The fourth-order valence-electron chi connectivity index (χ4n) is 1.88. The average molecular weight is 377 g/mol. The molecule has 0 saturated heterocycles. The zero-order chi connectivity index (χ0) is 15.5. The molecule has 1 N–H and O–H groups in total. The molecule has 0 radical (unpaired) electrons. The number of rotatable bonds is 3.